The number of hydrogen-bond donors (Lipinski definition) is 3. The number of aromatic nitrogens is 1. The monoisotopic (exact) mass is 296 g/mol. The Morgan fingerprint density at radius 3 is 2.88 bits per heavy atom. The average molecular weight is 297 g/mol. The van der Waals surface area contributed by atoms with E-state index in [0.717, 1.165) is 20.9 Å². The molecule has 0 saturated heterocycles. The van der Waals surface area contributed by atoms with E-state index in [1.165, 1.54) is 0 Å². The summed E-state index contributed by atoms with van der Waals surface area (Å²) < 4.78 is 0.960. The quantitative estimate of drug-likeness (QED) is 0.814. The van der Waals surface area contributed by atoms with Crippen molar-refractivity contribution in [2.24, 2.45) is 5.73 Å². The number of aromatic amines is 1. The van der Waals surface area contributed by atoms with Crippen LogP contribution < -0.4 is 5.73 Å². The van der Waals surface area contributed by atoms with Gasteiger partial charge in [0.05, 0.1) is 0 Å². The molecule has 0 fully saturated rings. The normalized spacial score (nSPS) is 14.8. The number of benzene rings is 1. The Balaban J connectivity index is 2.48. The van der Waals surface area contributed by atoms with E-state index >= 15 is 0 Å². The van der Waals surface area contributed by atoms with Crippen LogP contribution in [0.5, 0.6) is 0 Å². The van der Waals surface area contributed by atoms with Gasteiger partial charge in [0.25, 0.3) is 0 Å². The molecule has 5 heteroatoms. The highest BCUT2D eigenvalue weighted by atomic mass is 79.9. The zero-order valence-corrected chi connectivity index (χ0v) is 10.9. The molecule has 0 unspecified atom stereocenters. The predicted octanol–water partition coefficient (Wildman–Crippen LogP) is 2.45. The van der Waals surface area contributed by atoms with Crippen molar-refractivity contribution < 1.29 is 9.90 Å². The number of aliphatic carboxylic acids is 1. The molecular weight excluding hydrogens is 284 g/mol. The molecule has 1 heterocycles. The molecule has 0 saturated carbocycles. The standard InChI is InChI=1S/C12H13BrN2O2/c1-6(11(14)12(16)17)9-5-15-10-3-2-7(13)4-8(9)10/h2-6,11,15H,14H2,1H3,(H,16,17)/t6-,11+/m0/s1. The van der Waals surface area contributed by atoms with E-state index in [1.807, 2.05) is 31.3 Å². The van der Waals surface area contributed by atoms with Crippen molar-refractivity contribution in [3.05, 3.63) is 34.4 Å². The van der Waals surface area contributed by atoms with E-state index in [1.54, 1.807) is 0 Å². The van der Waals surface area contributed by atoms with Gasteiger partial charge in [0.1, 0.15) is 6.04 Å². The van der Waals surface area contributed by atoms with Crippen molar-refractivity contribution in [3.8, 4) is 0 Å². The maximum absolute atomic E-state index is 10.9. The minimum Gasteiger partial charge on any atom is -0.480 e. The van der Waals surface area contributed by atoms with E-state index in [-0.39, 0.29) is 5.92 Å². The summed E-state index contributed by atoms with van der Waals surface area (Å²) in [5, 5.41) is 9.94. The summed E-state index contributed by atoms with van der Waals surface area (Å²) in [6, 6.07) is 4.95. The van der Waals surface area contributed by atoms with Crippen LogP contribution in [0.3, 0.4) is 0 Å². The second-order valence-corrected chi connectivity index (χ2v) is 5.00. The minimum atomic E-state index is -0.984. The highest BCUT2D eigenvalue weighted by molar-refractivity contribution is 9.10. The Labute approximate surface area is 107 Å². The van der Waals surface area contributed by atoms with E-state index in [0.29, 0.717) is 0 Å². The number of H-pyrrole nitrogens is 1. The smallest absolute Gasteiger partial charge is 0.321 e. The maximum atomic E-state index is 10.9. The predicted molar refractivity (Wildman–Crippen MR) is 70.0 cm³/mol. The lowest BCUT2D eigenvalue weighted by molar-refractivity contribution is -0.138. The molecule has 0 amide bonds. The Hall–Kier alpha value is -1.33. The third-order valence-corrected chi connectivity index (χ3v) is 3.48. The third kappa shape index (κ3) is 2.21. The van der Waals surface area contributed by atoms with Crippen molar-refractivity contribution in [2.75, 3.05) is 0 Å². The average Bonchev–Trinajstić information content (AvgIpc) is 2.69. The zero-order chi connectivity index (χ0) is 12.6. The van der Waals surface area contributed by atoms with Crippen molar-refractivity contribution in [3.63, 3.8) is 0 Å². The highest BCUT2D eigenvalue weighted by Crippen LogP contribution is 2.29. The molecule has 4 nitrogen and oxygen atoms in total. The first-order valence-corrected chi connectivity index (χ1v) is 6.05. The van der Waals surface area contributed by atoms with Gasteiger partial charge in [0.2, 0.25) is 0 Å². The van der Waals surface area contributed by atoms with Crippen LogP contribution in [0.25, 0.3) is 10.9 Å². The van der Waals surface area contributed by atoms with Crippen LogP contribution in [-0.4, -0.2) is 22.1 Å². The van der Waals surface area contributed by atoms with Gasteiger partial charge in [-0.2, -0.15) is 0 Å². The van der Waals surface area contributed by atoms with Crippen molar-refractivity contribution >= 4 is 32.8 Å². The van der Waals surface area contributed by atoms with E-state index in [4.69, 9.17) is 10.8 Å². The van der Waals surface area contributed by atoms with Gasteiger partial charge in [-0.3, -0.25) is 4.79 Å². The molecule has 2 aromatic rings. The van der Waals surface area contributed by atoms with Gasteiger partial charge in [0, 0.05) is 27.5 Å². The highest BCUT2D eigenvalue weighted by Gasteiger charge is 2.23. The number of halogens is 1. The zero-order valence-electron chi connectivity index (χ0n) is 9.27. The molecule has 17 heavy (non-hydrogen) atoms. The first-order valence-electron chi connectivity index (χ1n) is 5.25. The van der Waals surface area contributed by atoms with E-state index in [9.17, 15) is 4.79 Å². The fourth-order valence-corrected chi connectivity index (χ4v) is 2.26. The number of rotatable bonds is 3. The number of nitrogens with two attached hydrogens (primary N) is 1. The fraction of sp³-hybridized carbons (Fsp3) is 0.250. The summed E-state index contributed by atoms with van der Waals surface area (Å²) in [6.45, 7) is 1.82. The number of nitrogens with one attached hydrogen (secondary N) is 1. The Bertz CT molecular complexity index is 565. The number of fused-ring (bicyclic) bond motifs is 1. The summed E-state index contributed by atoms with van der Waals surface area (Å²) in [7, 11) is 0. The largest absolute Gasteiger partial charge is 0.480 e. The molecule has 90 valence electrons. The first-order chi connectivity index (χ1) is 8.00. The number of carboxylic acids is 1. The van der Waals surface area contributed by atoms with Crippen LogP contribution in [0, 0.1) is 0 Å². The summed E-state index contributed by atoms with van der Waals surface area (Å²) in [4.78, 5) is 14.0. The molecule has 0 aliphatic heterocycles. The lowest BCUT2D eigenvalue weighted by Gasteiger charge is -2.15. The lowest BCUT2D eigenvalue weighted by Crippen LogP contribution is -2.35. The van der Waals surface area contributed by atoms with Crippen LogP contribution in [0.4, 0.5) is 0 Å². The SMILES string of the molecule is C[C@@H](c1c[nH]c2ccc(Br)cc12)[C@@H](N)C(=O)O. The molecule has 0 aliphatic carbocycles. The second-order valence-electron chi connectivity index (χ2n) is 4.09. The third-order valence-electron chi connectivity index (χ3n) is 2.99. The molecular formula is C12H13BrN2O2. The van der Waals surface area contributed by atoms with E-state index in [2.05, 4.69) is 20.9 Å². The topological polar surface area (TPSA) is 79.1 Å². The van der Waals surface area contributed by atoms with Gasteiger partial charge >= 0.3 is 5.97 Å². The molecule has 0 radical (unpaired) electrons. The summed E-state index contributed by atoms with van der Waals surface area (Å²) in [5.41, 5.74) is 7.56. The summed E-state index contributed by atoms with van der Waals surface area (Å²) in [5.74, 6) is -1.22. The van der Waals surface area contributed by atoms with Gasteiger partial charge in [-0.05, 0) is 23.8 Å². The molecule has 1 aromatic heterocycles. The summed E-state index contributed by atoms with van der Waals surface area (Å²) >= 11 is 3.40. The van der Waals surface area contributed by atoms with Crippen LogP contribution in [-0.2, 0) is 4.79 Å². The second kappa shape index (κ2) is 4.50. The van der Waals surface area contributed by atoms with Crippen LogP contribution in [0.15, 0.2) is 28.9 Å². The molecule has 4 N–H and O–H groups in total. The molecule has 1 aromatic carbocycles. The maximum Gasteiger partial charge on any atom is 0.321 e. The molecule has 2 atom stereocenters. The van der Waals surface area contributed by atoms with Crippen molar-refractivity contribution in [2.45, 2.75) is 18.9 Å². The minimum absolute atomic E-state index is 0.240. The van der Waals surface area contributed by atoms with E-state index < -0.39 is 12.0 Å². The van der Waals surface area contributed by atoms with Gasteiger partial charge in [0.15, 0.2) is 0 Å². The molecule has 0 aliphatic rings. The van der Waals surface area contributed by atoms with Gasteiger partial charge < -0.3 is 15.8 Å². The van der Waals surface area contributed by atoms with Crippen molar-refractivity contribution in [1.29, 1.82) is 0 Å². The molecule has 2 rings (SSSR count). The number of carboxylic acid groups (broad SMARTS) is 1. The number of hydrogen-bond acceptors (Lipinski definition) is 2. The van der Waals surface area contributed by atoms with Gasteiger partial charge in [-0.15, -0.1) is 0 Å². The Kier molecular flexibility index (Phi) is 3.22. The Morgan fingerprint density at radius 2 is 2.24 bits per heavy atom. The first kappa shape index (κ1) is 12.1. The molecule has 0 bridgehead atoms. The van der Waals surface area contributed by atoms with Crippen LogP contribution >= 0.6 is 15.9 Å². The number of carbonyl (C=O) groups is 1. The van der Waals surface area contributed by atoms with Crippen LogP contribution in [0.2, 0.25) is 0 Å². The molecule has 0 spiro atoms. The Morgan fingerprint density at radius 1 is 1.53 bits per heavy atom. The summed E-state index contributed by atoms with van der Waals surface area (Å²) in [6.07, 6.45) is 1.82. The van der Waals surface area contributed by atoms with Crippen LogP contribution in [0.1, 0.15) is 18.4 Å². The van der Waals surface area contributed by atoms with Crippen molar-refractivity contribution in [1.82, 2.24) is 4.98 Å². The van der Waals surface area contributed by atoms with Gasteiger partial charge in [-0.1, -0.05) is 22.9 Å². The van der Waals surface area contributed by atoms with Gasteiger partial charge in [-0.25, -0.2) is 0 Å². The fourth-order valence-electron chi connectivity index (χ4n) is 1.90. The lowest BCUT2D eigenvalue weighted by atomic mass is 9.93.